The minimum absolute atomic E-state index is 0.801. The largest absolute Gasteiger partial charge is 0.398 e. The molecule has 1 fully saturated rings. The summed E-state index contributed by atoms with van der Waals surface area (Å²) in [6, 6.07) is 6.27. The molecule has 1 aliphatic rings. The fraction of sp³-hybridized carbons (Fsp3) is 0.571. The van der Waals surface area contributed by atoms with E-state index in [2.05, 4.69) is 46.8 Å². The summed E-state index contributed by atoms with van der Waals surface area (Å²) in [4.78, 5) is 2.54. The Hall–Kier alpha value is -0.540. The lowest BCUT2D eigenvalue weighted by Crippen LogP contribution is -2.21. The summed E-state index contributed by atoms with van der Waals surface area (Å²) in [6.45, 7) is 8.13. The Morgan fingerprint density at radius 1 is 1.47 bits per heavy atom. The first kappa shape index (κ1) is 12.9. The van der Waals surface area contributed by atoms with Crippen LogP contribution in [-0.4, -0.2) is 18.0 Å². The number of likely N-dealkylation sites (tertiary alicyclic amines) is 1. The second-order valence-electron chi connectivity index (χ2n) is 5.38. The lowest BCUT2D eigenvalue weighted by atomic mass is 9.95. The first-order valence-electron chi connectivity index (χ1n) is 6.32. The van der Waals surface area contributed by atoms with Crippen LogP contribution in [0.1, 0.15) is 25.8 Å². The smallest absolute Gasteiger partial charge is 0.0461 e. The molecular formula is C14H21BrN2. The van der Waals surface area contributed by atoms with E-state index in [9.17, 15) is 0 Å². The highest BCUT2D eigenvalue weighted by atomic mass is 79.9. The second kappa shape index (κ2) is 5.40. The van der Waals surface area contributed by atoms with Crippen LogP contribution >= 0.6 is 15.9 Å². The summed E-state index contributed by atoms with van der Waals surface area (Å²) < 4.78 is 0.989. The van der Waals surface area contributed by atoms with Crippen molar-refractivity contribution in [3.05, 3.63) is 28.2 Å². The van der Waals surface area contributed by atoms with Gasteiger partial charge in [-0.25, -0.2) is 0 Å². The topological polar surface area (TPSA) is 29.3 Å². The molecular weight excluding hydrogens is 276 g/mol. The van der Waals surface area contributed by atoms with Crippen LogP contribution in [0.5, 0.6) is 0 Å². The molecule has 0 spiro atoms. The first-order valence-corrected chi connectivity index (χ1v) is 7.12. The van der Waals surface area contributed by atoms with Crippen LogP contribution in [0.4, 0.5) is 5.69 Å². The zero-order valence-electron chi connectivity index (χ0n) is 10.6. The van der Waals surface area contributed by atoms with E-state index >= 15 is 0 Å². The normalized spacial score (nSPS) is 21.3. The van der Waals surface area contributed by atoms with Crippen LogP contribution in [0.3, 0.4) is 0 Å². The molecule has 1 saturated heterocycles. The van der Waals surface area contributed by atoms with Crippen molar-refractivity contribution in [1.82, 2.24) is 4.90 Å². The van der Waals surface area contributed by atoms with Gasteiger partial charge in [-0.3, -0.25) is 4.90 Å². The van der Waals surface area contributed by atoms with E-state index in [0.29, 0.717) is 0 Å². The molecule has 3 heteroatoms. The highest BCUT2D eigenvalue weighted by molar-refractivity contribution is 9.10. The Labute approximate surface area is 112 Å². The molecule has 0 aliphatic carbocycles. The molecule has 17 heavy (non-hydrogen) atoms. The van der Waals surface area contributed by atoms with Crippen LogP contribution in [0.2, 0.25) is 0 Å². The van der Waals surface area contributed by atoms with Crippen molar-refractivity contribution in [2.24, 2.45) is 11.8 Å². The Morgan fingerprint density at radius 3 is 2.82 bits per heavy atom. The molecule has 1 aromatic rings. The highest BCUT2D eigenvalue weighted by Gasteiger charge is 2.24. The van der Waals surface area contributed by atoms with Gasteiger partial charge in [0.05, 0.1) is 0 Å². The van der Waals surface area contributed by atoms with Gasteiger partial charge in [-0.05, 0) is 58.4 Å². The van der Waals surface area contributed by atoms with Gasteiger partial charge < -0.3 is 5.73 Å². The van der Waals surface area contributed by atoms with Crippen molar-refractivity contribution in [3.8, 4) is 0 Å². The van der Waals surface area contributed by atoms with Crippen LogP contribution in [0.15, 0.2) is 22.7 Å². The fourth-order valence-electron chi connectivity index (χ4n) is 2.50. The fourth-order valence-corrected chi connectivity index (χ4v) is 2.75. The number of halogens is 1. The van der Waals surface area contributed by atoms with Gasteiger partial charge in [-0.1, -0.05) is 19.9 Å². The summed E-state index contributed by atoms with van der Waals surface area (Å²) in [5.74, 6) is 1.66. The maximum atomic E-state index is 5.91. The lowest BCUT2D eigenvalue weighted by Gasteiger charge is -2.18. The molecule has 2 nitrogen and oxygen atoms in total. The average molecular weight is 297 g/mol. The number of anilines is 1. The maximum Gasteiger partial charge on any atom is 0.0461 e. The van der Waals surface area contributed by atoms with E-state index in [0.717, 1.165) is 28.5 Å². The molecule has 0 radical (unpaired) electrons. The molecule has 0 bridgehead atoms. The number of benzene rings is 1. The number of hydrogen-bond acceptors (Lipinski definition) is 2. The maximum absolute atomic E-state index is 5.91. The van der Waals surface area contributed by atoms with Gasteiger partial charge in [0, 0.05) is 23.2 Å². The van der Waals surface area contributed by atoms with E-state index < -0.39 is 0 Å². The number of rotatable bonds is 3. The van der Waals surface area contributed by atoms with Crippen molar-refractivity contribution >= 4 is 21.6 Å². The van der Waals surface area contributed by atoms with Gasteiger partial charge in [-0.2, -0.15) is 0 Å². The molecule has 94 valence electrons. The number of nitrogen functional groups attached to an aromatic ring is 1. The number of nitrogens with two attached hydrogens (primary N) is 1. The van der Waals surface area contributed by atoms with Crippen LogP contribution < -0.4 is 5.73 Å². The minimum Gasteiger partial charge on any atom is -0.398 e. The van der Waals surface area contributed by atoms with E-state index in [4.69, 9.17) is 5.73 Å². The second-order valence-corrected chi connectivity index (χ2v) is 6.24. The molecule has 1 unspecified atom stereocenters. The molecule has 0 amide bonds. The number of nitrogens with zero attached hydrogens (tertiary/aromatic N) is 1. The van der Waals surface area contributed by atoms with Gasteiger partial charge in [0.15, 0.2) is 0 Å². The lowest BCUT2D eigenvalue weighted by molar-refractivity contribution is 0.297. The van der Waals surface area contributed by atoms with Crippen molar-refractivity contribution in [3.63, 3.8) is 0 Å². The summed E-state index contributed by atoms with van der Waals surface area (Å²) in [5, 5.41) is 0. The molecule has 1 aliphatic heterocycles. The predicted octanol–water partition coefficient (Wildman–Crippen LogP) is 3.51. The standard InChI is InChI=1S/C14H21BrN2/c1-10(2)12-5-6-17(9-12)8-11-3-4-13(15)14(16)7-11/h3-4,7,10,12H,5-6,8-9,16H2,1-2H3. The van der Waals surface area contributed by atoms with E-state index in [1.54, 1.807) is 0 Å². The van der Waals surface area contributed by atoms with Gasteiger partial charge in [0.25, 0.3) is 0 Å². The average Bonchev–Trinajstić information content (AvgIpc) is 2.72. The van der Waals surface area contributed by atoms with Gasteiger partial charge >= 0.3 is 0 Å². The molecule has 2 rings (SSSR count). The molecule has 1 atom stereocenters. The van der Waals surface area contributed by atoms with Crippen molar-refractivity contribution in [2.45, 2.75) is 26.8 Å². The number of hydrogen-bond donors (Lipinski definition) is 1. The van der Waals surface area contributed by atoms with E-state index in [1.165, 1.54) is 25.1 Å². The molecule has 1 heterocycles. The zero-order chi connectivity index (χ0) is 12.4. The summed E-state index contributed by atoms with van der Waals surface area (Å²) in [5.41, 5.74) is 8.06. The quantitative estimate of drug-likeness (QED) is 0.865. The zero-order valence-corrected chi connectivity index (χ0v) is 12.2. The highest BCUT2D eigenvalue weighted by Crippen LogP contribution is 2.26. The van der Waals surface area contributed by atoms with Crippen LogP contribution in [0.25, 0.3) is 0 Å². The van der Waals surface area contributed by atoms with Gasteiger partial charge in [-0.15, -0.1) is 0 Å². The third kappa shape index (κ3) is 3.23. The first-order chi connectivity index (χ1) is 8.06. The van der Waals surface area contributed by atoms with Gasteiger partial charge in [0.2, 0.25) is 0 Å². The summed E-state index contributed by atoms with van der Waals surface area (Å²) in [7, 11) is 0. The molecule has 2 N–H and O–H groups in total. The third-order valence-corrected chi connectivity index (χ3v) is 4.44. The van der Waals surface area contributed by atoms with Crippen molar-refractivity contribution < 1.29 is 0 Å². The van der Waals surface area contributed by atoms with Crippen molar-refractivity contribution in [2.75, 3.05) is 18.8 Å². The molecule has 0 aromatic heterocycles. The van der Waals surface area contributed by atoms with Crippen molar-refractivity contribution in [1.29, 1.82) is 0 Å². The Balaban J connectivity index is 1.96. The monoisotopic (exact) mass is 296 g/mol. The predicted molar refractivity (Wildman–Crippen MR) is 76.8 cm³/mol. The Bertz CT molecular complexity index is 390. The van der Waals surface area contributed by atoms with Crippen LogP contribution in [-0.2, 0) is 6.54 Å². The Morgan fingerprint density at radius 2 is 2.24 bits per heavy atom. The third-order valence-electron chi connectivity index (χ3n) is 3.72. The minimum atomic E-state index is 0.801. The van der Waals surface area contributed by atoms with E-state index in [1.807, 2.05) is 6.07 Å². The van der Waals surface area contributed by atoms with Crippen LogP contribution in [0, 0.1) is 11.8 Å². The summed E-state index contributed by atoms with van der Waals surface area (Å²) in [6.07, 6.45) is 1.34. The SMILES string of the molecule is CC(C)C1CCN(Cc2ccc(Br)c(N)c2)C1. The molecule has 0 saturated carbocycles. The molecule has 1 aromatic carbocycles. The Kier molecular flexibility index (Phi) is 4.10. The van der Waals surface area contributed by atoms with E-state index in [-0.39, 0.29) is 0 Å². The summed E-state index contributed by atoms with van der Waals surface area (Å²) >= 11 is 3.43. The van der Waals surface area contributed by atoms with Gasteiger partial charge in [0.1, 0.15) is 0 Å².